The number of nitrogen functional groups attached to an aromatic ring is 1. The normalized spacial score (nSPS) is 9.93. The van der Waals surface area contributed by atoms with E-state index in [1.165, 1.54) is 0 Å². The first-order valence-corrected chi connectivity index (χ1v) is 5.47. The highest BCUT2D eigenvalue weighted by Crippen LogP contribution is 2.24. The van der Waals surface area contributed by atoms with Crippen LogP contribution in [0.25, 0.3) is 0 Å². The number of anilines is 1. The first-order valence-electron chi connectivity index (χ1n) is 4.39. The van der Waals surface area contributed by atoms with Gasteiger partial charge in [-0.3, -0.25) is 0 Å². The quantitative estimate of drug-likeness (QED) is 0.685. The summed E-state index contributed by atoms with van der Waals surface area (Å²) in [5, 5.41) is 0. The van der Waals surface area contributed by atoms with Gasteiger partial charge in [0.25, 0.3) is 0 Å². The summed E-state index contributed by atoms with van der Waals surface area (Å²) in [5.74, 6) is 1.35. The first-order chi connectivity index (χ1) is 7.25. The van der Waals surface area contributed by atoms with Crippen LogP contribution in [0.2, 0.25) is 0 Å². The van der Waals surface area contributed by atoms with Gasteiger partial charge in [-0.15, -0.1) is 0 Å². The Labute approximate surface area is 101 Å². The highest BCUT2D eigenvalue weighted by atomic mass is 127. The summed E-state index contributed by atoms with van der Waals surface area (Å²) >= 11 is 2.18. The molecule has 3 nitrogen and oxygen atoms in total. The van der Waals surface area contributed by atoms with Crippen molar-refractivity contribution in [2.45, 2.75) is 0 Å². The average Bonchev–Trinajstić information content (AvgIpc) is 2.25. The van der Waals surface area contributed by atoms with Gasteiger partial charge >= 0.3 is 0 Å². The first kappa shape index (κ1) is 10.2. The molecule has 2 aromatic rings. The van der Waals surface area contributed by atoms with Gasteiger partial charge in [0.1, 0.15) is 5.75 Å². The van der Waals surface area contributed by atoms with Gasteiger partial charge in [0, 0.05) is 11.9 Å². The van der Waals surface area contributed by atoms with Gasteiger partial charge in [-0.2, -0.15) is 0 Å². The molecule has 2 N–H and O–H groups in total. The third-order valence-corrected chi connectivity index (χ3v) is 2.64. The number of pyridine rings is 1. The smallest absolute Gasteiger partial charge is 0.232 e. The number of rotatable bonds is 2. The molecular weight excluding hydrogens is 303 g/mol. The van der Waals surface area contributed by atoms with E-state index < -0.39 is 0 Å². The van der Waals surface area contributed by atoms with E-state index >= 15 is 0 Å². The van der Waals surface area contributed by atoms with Crippen LogP contribution in [0.5, 0.6) is 11.6 Å². The van der Waals surface area contributed by atoms with Crippen LogP contribution in [0.3, 0.4) is 0 Å². The Morgan fingerprint density at radius 1 is 1.13 bits per heavy atom. The van der Waals surface area contributed by atoms with Gasteiger partial charge in [-0.25, -0.2) is 4.98 Å². The standard InChI is InChI=1S/C11H9IN2O/c12-10-2-1-7-14-11(10)15-9-5-3-8(13)4-6-9/h1-7H,13H2. The molecule has 0 saturated carbocycles. The van der Waals surface area contributed by atoms with E-state index in [1.54, 1.807) is 18.3 Å². The minimum atomic E-state index is 0.614. The second kappa shape index (κ2) is 4.48. The molecule has 0 unspecified atom stereocenters. The summed E-state index contributed by atoms with van der Waals surface area (Å²) < 4.78 is 6.57. The second-order valence-electron chi connectivity index (χ2n) is 2.96. The molecule has 0 aliphatic heterocycles. The zero-order valence-corrected chi connectivity index (χ0v) is 10.0. The van der Waals surface area contributed by atoms with Crippen LogP contribution >= 0.6 is 22.6 Å². The third-order valence-electron chi connectivity index (χ3n) is 1.82. The van der Waals surface area contributed by atoms with Gasteiger partial charge in [0.05, 0.1) is 3.57 Å². The maximum atomic E-state index is 5.59. The van der Waals surface area contributed by atoms with Crippen molar-refractivity contribution in [3.05, 3.63) is 46.2 Å². The second-order valence-corrected chi connectivity index (χ2v) is 4.12. The zero-order chi connectivity index (χ0) is 10.7. The van der Waals surface area contributed by atoms with Crippen LogP contribution < -0.4 is 10.5 Å². The molecular formula is C11H9IN2O. The number of benzene rings is 1. The van der Waals surface area contributed by atoms with Gasteiger partial charge in [-0.1, -0.05) is 0 Å². The minimum absolute atomic E-state index is 0.614. The maximum Gasteiger partial charge on any atom is 0.232 e. The lowest BCUT2D eigenvalue weighted by atomic mass is 10.3. The number of nitrogens with two attached hydrogens (primary N) is 1. The van der Waals surface area contributed by atoms with Crippen molar-refractivity contribution in [1.29, 1.82) is 0 Å². The number of hydrogen-bond acceptors (Lipinski definition) is 3. The zero-order valence-electron chi connectivity index (χ0n) is 7.85. The Balaban J connectivity index is 2.22. The maximum absolute atomic E-state index is 5.59. The van der Waals surface area contributed by atoms with E-state index in [1.807, 2.05) is 24.3 Å². The van der Waals surface area contributed by atoms with E-state index in [4.69, 9.17) is 10.5 Å². The summed E-state index contributed by atoms with van der Waals surface area (Å²) in [5.41, 5.74) is 6.30. The number of nitrogens with zero attached hydrogens (tertiary/aromatic N) is 1. The topological polar surface area (TPSA) is 48.1 Å². The van der Waals surface area contributed by atoms with Gasteiger partial charge < -0.3 is 10.5 Å². The Morgan fingerprint density at radius 2 is 1.87 bits per heavy atom. The Morgan fingerprint density at radius 3 is 2.53 bits per heavy atom. The molecule has 2 rings (SSSR count). The Hall–Kier alpha value is -1.30. The Kier molecular flexibility index (Phi) is 3.05. The highest BCUT2D eigenvalue weighted by Gasteiger charge is 2.02. The molecule has 15 heavy (non-hydrogen) atoms. The summed E-state index contributed by atoms with van der Waals surface area (Å²) in [6, 6.07) is 11.0. The molecule has 0 aliphatic rings. The molecule has 1 aromatic heterocycles. The van der Waals surface area contributed by atoms with Crippen molar-refractivity contribution < 1.29 is 4.74 Å². The molecule has 0 spiro atoms. The lowest BCUT2D eigenvalue weighted by Crippen LogP contribution is -1.90. The van der Waals surface area contributed by atoms with Crippen LogP contribution in [-0.4, -0.2) is 4.98 Å². The predicted octanol–water partition coefficient (Wildman–Crippen LogP) is 3.06. The molecule has 1 aromatic carbocycles. The van der Waals surface area contributed by atoms with Crippen molar-refractivity contribution in [1.82, 2.24) is 4.98 Å². The fraction of sp³-hybridized carbons (Fsp3) is 0. The molecule has 0 bridgehead atoms. The summed E-state index contributed by atoms with van der Waals surface area (Å²) in [6.45, 7) is 0. The van der Waals surface area contributed by atoms with Crippen molar-refractivity contribution in [3.63, 3.8) is 0 Å². The number of hydrogen-bond donors (Lipinski definition) is 1. The lowest BCUT2D eigenvalue weighted by Gasteiger charge is -2.05. The number of aromatic nitrogens is 1. The molecule has 0 fully saturated rings. The number of halogens is 1. The SMILES string of the molecule is Nc1ccc(Oc2ncccc2I)cc1. The summed E-state index contributed by atoms with van der Waals surface area (Å²) in [6.07, 6.45) is 1.70. The summed E-state index contributed by atoms with van der Waals surface area (Å²) in [4.78, 5) is 4.14. The van der Waals surface area contributed by atoms with Gasteiger partial charge in [-0.05, 0) is 59.0 Å². The van der Waals surface area contributed by atoms with E-state index in [9.17, 15) is 0 Å². The van der Waals surface area contributed by atoms with E-state index in [2.05, 4.69) is 27.6 Å². The largest absolute Gasteiger partial charge is 0.438 e. The highest BCUT2D eigenvalue weighted by molar-refractivity contribution is 14.1. The molecule has 1 heterocycles. The third kappa shape index (κ3) is 2.59. The summed E-state index contributed by atoms with van der Waals surface area (Å²) in [7, 11) is 0. The lowest BCUT2D eigenvalue weighted by molar-refractivity contribution is 0.459. The van der Waals surface area contributed by atoms with E-state index in [0.29, 0.717) is 5.88 Å². The van der Waals surface area contributed by atoms with Crippen molar-refractivity contribution in [3.8, 4) is 11.6 Å². The Bertz CT molecular complexity index is 456. The van der Waals surface area contributed by atoms with Gasteiger partial charge in [0.15, 0.2) is 0 Å². The molecule has 0 radical (unpaired) electrons. The molecule has 0 atom stereocenters. The molecule has 0 saturated heterocycles. The fourth-order valence-electron chi connectivity index (χ4n) is 1.09. The predicted molar refractivity (Wildman–Crippen MR) is 67.9 cm³/mol. The molecule has 76 valence electrons. The van der Waals surface area contributed by atoms with Crippen LogP contribution in [0.1, 0.15) is 0 Å². The molecule has 0 amide bonds. The molecule has 4 heteroatoms. The van der Waals surface area contributed by atoms with Crippen molar-refractivity contribution >= 4 is 28.3 Å². The fourth-order valence-corrected chi connectivity index (χ4v) is 1.55. The van der Waals surface area contributed by atoms with Crippen LogP contribution in [0.15, 0.2) is 42.6 Å². The van der Waals surface area contributed by atoms with Crippen LogP contribution in [-0.2, 0) is 0 Å². The van der Waals surface area contributed by atoms with Gasteiger partial charge in [0.2, 0.25) is 5.88 Å². The molecule has 0 aliphatic carbocycles. The minimum Gasteiger partial charge on any atom is -0.438 e. The van der Waals surface area contributed by atoms with Crippen LogP contribution in [0.4, 0.5) is 5.69 Å². The van der Waals surface area contributed by atoms with E-state index in [0.717, 1.165) is 15.0 Å². The van der Waals surface area contributed by atoms with Crippen molar-refractivity contribution in [2.75, 3.05) is 5.73 Å². The average molecular weight is 312 g/mol. The van der Waals surface area contributed by atoms with Crippen LogP contribution in [0, 0.1) is 3.57 Å². The van der Waals surface area contributed by atoms with Crippen molar-refractivity contribution in [2.24, 2.45) is 0 Å². The monoisotopic (exact) mass is 312 g/mol. The van der Waals surface area contributed by atoms with E-state index in [-0.39, 0.29) is 0 Å². The number of ether oxygens (including phenoxy) is 1.